The quantitative estimate of drug-likeness (QED) is 0.465. The first-order chi connectivity index (χ1) is 17.5. The number of fused-ring (bicyclic) bond motifs is 3. The Morgan fingerprint density at radius 2 is 1.97 bits per heavy atom. The minimum Gasteiger partial charge on any atom is -0.457 e. The molecule has 1 aliphatic carbocycles. The summed E-state index contributed by atoms with van der Waals surface area (Å²) in [4.78, 5) is 47.2. The van der Waals surface area contributed by atoms with Gasteiger partial charge in [-0.3, -0.25) is 19.0 Å². The van der Waals surface area contributed by atoms with E-state index >= 15 is 0 Å². The fraction of sp³-hybridized carbons (Fsp3) is 0.423. The third kappa shape index (κ3) is 4.75. The summed E-state index contributed by atoms with van der Waals surface area (Å²) < 4.78 is 6.90. The molecule has 2 aromatic heterocycles. The number of rotatable bonds is 5. The Balaban J connectivity index is 1.31. The molecule has 1 saturated heterocycles. The summed E-state index contributed by atoms with van der Waals surface area (Å²) in [5.41, 5.74) is 1.33. The van der Waals surface area contributed by atoms with Crippen molar-refractivity contribution in [3.63, 3.8) is 0 Å². The summed E-state index contributed by atoms with van der Waals surface area (Å²) in [6.07, 6.45) is 5.21. The Kier molecular flexibility index (Phi) is 7.08. The maximum Gasteiger partial charge on any atom is 0.311 e. The largest absolute Gasteiger partial charge is 0.457 e. The molecule has 0 spiro atoms. The zero-order valence-corrected chi connectivity index (χ0v) is 21.2. The highest BCUT2D eigenvalue weighted by Crippen LogP contribution is 2.34. The van der Waals surface area contributed by atoms with Gasteiger partial charge in [0, 0.05) is 28.6 Å². The number of ether oxygens (including phenoxy) is 1. The smallest absolute Gasteiger partial charge is 0.311 e. The van der Waals surface area contributed by atoms with Gasteiger partial charge in [0.1, 0.15) is 18.0 Å². The minimum absolute atomic E-state index is 0.152. The van der Waals surface area contributed by atoms with Crippen LogP contribution in [0, 0.1) is 17.2 Å². The SMILES string of the molecule is N#CCn1c(COC(=O)[C@@H]2CCCN(C(=O)c3ccc(Cl)cc3)C2)nc2sc3c(c2c1=O)CCCC3. The van der Waals surface area contributed by atoms with Crippen molar-refractivity contribution < 1.29 is 14.3 Å². The van der Waals surface area contributed by atoms with Crippen molar-refractivity contribution in [2.45, 2.75) is 51.7 Å². The van der Waals surface area contributed by atoms with Crippen molar-refractivity contribution in [2.24, 2.45) is 5.92 Å². The Hall–Kier alpha value is -3.22. The number of carbonyl (C=O) groups is 2. The predicted molar refractivity (Wildman–Crippen MR) is 136 cm³/mol. The first-order valence-corrected chi connectivity index (χ1v) is 13.3. The summed E-state index contributed by atoms with van der Waals surface area (Å²) in [6, 6.07) is 8.70. The number of piperidine rings is 1. The average molecular weight is 525 g/mol. The molecule has 3 heterocycles. The lowest BCUT2D eigenvalue weighted by molar-refractivity contribution is -0.151. The van der Waals surface area contributed by atoms with Crippen molar-refractivity contribution >= 4 is 45.0 Å². The van der Waals surface area contributed by atoms with Crippen LogP contribution in [0.25, 0.3) is 10.2 Å². The summed E-state index contributed by atoms with van der Waals surface area (Å²) in [5, 5.41) is 10.5. The van der Waals surface area contributed by atoms with Gasteiger partial charge in [0.15, 0.2) is 5.82 Å². The van der Waals surface area contributed by atoms with Gasteiger partial charge in [-0.15, -0.1) is 11.3 Å². The van der Waals surface area contributed by atoms with Crippen molar-refractivity contribution in [1.29, 1.82) is 5.26 Å². The van der Waals surface area contributed by atoms with Crippen LogP contribution in [0.15, 0.2) is 29.1 Å². The lowest BCUT2D eigenvalue weighted by Gasteiger charge is -2.31. The van der Waals surface area contributed by atoms with Gasteiger partial charge in [-0.1, -0.05) is 11.6 Å². The number of thiophene rings is 1. The number of esters is 1. The van der Waals surface area contributed by atoms with E-state index in [1.807, 2.05) is 6.07 Å². The number of hydrogen-bond acceptors (Lipinski definition) is 7. The van der Waals surface area contributed by atoms with E-state index in [2.05, 4.69) is 4.98 Å². The second-order valence-electron chi connectivity index (χ2n) is 9.17. The molecule has 0 saturated carbocycles. The Bertz CT molecular complexity index is 1420. The number of hydrogen-bond donors (Lipinski definition) is 0. The summed E-state index contributed by atoms with van der Waals surface area (Å²) in [5.74, 6) is -0.789. The van der Waals surface area contributed by atoms with Crippen LogP contribution in [0.1, 0.15) is 52.3 Å². The van der Waals surface area contributed by atoms with Gasteiger partial charge >= 0.3 is 5.97 Å². The fourth-order valence-corrected chi connectivity index (χ4v) is 6.40. The molecule has 1 fully saturated rings. The molecule has 2 aliphatic rings. The predicted octanol–water partition coefficient (Wildman–Crippen LogP) is 4.11. The molecule has 1 aliphatic heterocycles. The van der Waals surface area contributed by atoms with E-state index in [0.717, 1.165) is 31.2 Å². The van der Waals surface area contributed by atoms with Crippen LogP contribution in [0.2, 0.25) is 5.02 Å². The molecule has 0 N–H and O–H groups in total. The van der Waals surface area contributed by atoms with Crippen molar-refractivity contribution in [2.75, 3.05) is 13.1 Å². The second kappa shape index (κ2) is 10.4. The van der Waals surface area contributed by atoms with Crippen molar-refractivity contribution in [3.8, 4) is 6.07 Å². The topological polar surface area (TPSA) is 105 Å². The van der Waals surface area contributed by atoms with E-state index < -0.39 is 11.9 Å². The number of carbonyl (C=O) groups excluding carboxylic acids is 2. The molecule has 186 valence electrons. The molecule has 10 heteroatoms. The van der Waals surface area contributed by atoms with Crippen molar-refractivity contribution in [1.82, 2.24) is 14.5 Å². The second-order valence-corrected chi connectivity index (χ2v) is 10.7. The van der Waals surface area contributed by atoms with E-state index in [9.17, 15) is 19.6 Å². The fourth-order valence-electron chi connectivity index (χ4n) is 5.01. The minimum atomic E-state index is -0.469. The molecule has 1 atom stereocenters. The van der Waals surface area contributed by atoms with Crippen LogP contribution in [0.3, 0.4) is 0 Å². The molecule has 3 aromatic rings. The Morgan fingerprint density at radius 3 is 2.75 bits per heavy atom. The molecule has 1 aromatic carbocycles. The first-order valence-electron chi connectivity index (χ1n) is 12.1. The van der Waals surface area contributed by atoms with Gasteiger partial charge in [-0.05, 0) is 68.4 Å². The maximum atomic E-state index is 13.3. The van der Waals surface area contributed by atoms with Gasteiger partial charge in [-0.2, -0.15) is 5.26 Å². The van der Waals surface area contributed by atoms with E-state index in [-0.39, 0.29) is 37.0 Å². The Morgan fingerprint density at radius 1 is 1.19 bits per heavy atom. The van der Waals surface area contributed by atoms with Crippen LogP contribution in [0.5, 0.6) is 0 Å². The standard InChI is InChI=1S/C26H25ClN4O4S/c27-18-9-7-16(8-10-18)24(32)30-12-3-4-17(14-30)26(34)35-15-21-29-23-22(25(33)31(21)13-11-28)19-5-1-2-6-20(19)36-23/h7-10,17H,1-6,12-15H2/t17-/m1/s1. The molecule has 5 rings (SSSR count). The summed E-state index contributed by atoms with van der Waals surface area (Å²) in [6.45, 7) is 0.464. The molecule has 0 radical (unpaired) electrons. The third-order valence-electron chi connectivity index (χ3n) is 6.86. The zero-order chi connectivity index (χ0) is 25.2. The monoisotopic (exact) mass is 524 g/mol. The van der Waals surface area contributed by atoms with Crippen LogP contribution < -0.4 is 5.56 Å². The molecule has 0 bridgehead atoms. The van der Waals surface area contributed by atoms with Crippen LogP contribution in [0.4, 0.5) is 0 Å². The van der Waals surface area contributed by atoms with Gasteiger partial charge in [0.05, 0.1) is 17.4 Å². The lowest BCUT2D eigenvalue weighted by atomic mass is 9.97. The maximum absolute atomic E-state index is 13.3. The van der Waals surface area contributed by atoms with Gasteiger partial charge < -0.3 is 9.64 Å². The number of halogens is 1. The van der Waals surface area contributed by atoms with Crippen LogP contribution in [-0.2, 0) is 35.5 Å². The lowest BCUT2D eigenvalue weighted by Crippen LogP contribution is -2.42. The average Bonchev–Trinajstić information content (AvgIpc) is 3.28. The first kappa shape index (κ1) is 24.5. The molecule has 1 amide bonds. The molecular weight excluding hydrogens is 500 g/mol. The molecular formula is C26H25ClN4O4S. The van der Waals surface area contributed by atoms with E-state index in [4.69, 9.17) is 16.3 Å². The van der Waals surface area contributed by atoms with E-state index in [1.54, 1.807) is 29.2 Å². The van der Waals surface area contributed by atoms with Gasteiger partial charge in [0.25, 0.3) is 11.5 Å². The van der Waals surface area contributed by atoms with Crippen molar-refractivity contribution in [3.05, 3.63) is 61.5 Å². The molecule has 8 nitrogen and oxygen atoms in total. The van der Waals surface area contributed by atoms with Gasteiger partial charge in [-0.25, -0.2) is 4.98 Å². The number of nitrogens with zero attached hydrogens (tertiary/aromatic N) is 4. The molecule has 36 heavy (non-hydrogen) atoms. The van der Waals surface area contributed by atoms with Gasteiger partial charge in [0.2, 0.25) is 0 Å². The number of amides is 1. The van der Waals surface area contributed by atoms with Crippen LogP contribution >= 0.6 is 22.9 Å². The number of nitriles is 1. The third-order valence-corrected chi connectivity index (χ3v) is 8.30. The zero-order valence-electron chi connectivity index (χ0n) is 19.7. The summed E-state index contributed by atoms with van der Waals surface area (Å²) >= 11 is 7.44. The highest BCUT2D eigenvalue weighted by atomic mass is 35.5. The van der Waals surface area contributed by atoms with Crippen LogP contribution in [-0.4, -0.2) is 39.4 Å². The Labute approximate surface area is 217 Å². The number of aryl methyl sites for hydroxylation is 2. The summed E-state index contributed by atoms with van der Waals surface area (Å²) in [7, 11) is 0. The van der Waals surface area contributed by atoms with E-state index in [0.29, 0.717) is 40.2 Å². The van der Waals surface area contributed by atoms with E-state index in [1.165, 1.54) is 20.8 Å². The highest BCUT2D eigenvalue weighted by molar-refractivity contribution is 7.18. The molecule has 0 unspecified atom stereocenters. The number of likely N-dealkylation sites (tertiary alicyclic amines) is 1. The number of benzene rings is 1. The number of aromatic nitrogens is 2. The highest BCUT2D eigenvalue weighted by Gasteiger charge is 2.30. The normalized spacial score (nSPS) is 17.4.